The van der Waals surface area contributed by atoms with Gasteiger partial charge in [0.25, 0.3) is 5.56 Å². The number of H-pyrrole nitrogens is 1. The van der Waals surface area contributed by atoms with E-state index in [1.165, 1.54) is 0 Å². The summed E-state index contributed by atoms with van der Waals surface area (Å²) < 4.78 is 0. The topological polar surface area (TPSA) is 53.1 Å². The lowest BCUT2D eigenvalue weighted by atomic mass is 10.1. The average Bonchev–Trinajstić information content (AvgIpc) is 2.24. The lowest BCUT2D eigenvalue weighted by Gasteiger charge is -2.08. The van der Waals surface area contributed by atoms with Crippen LogP contribution in [0.4, 0.5) is 0 Å². The van der Waals surface area contributed by atoms with Gasteiger partial charge in [0.15, 0.2) is 0 Å². The molecule has 0 aliphatic rings. The molecule has 16 heavy (non-hydrogen) atoms. The molecule has 0 radical (unpaired) electrons. The highest BCUT2D eigenvalue weighted by atomic mass is 35.5. The first-order valence-electron chi connectivity index (χ1n) is 4.78. The Morgan fingerprint density at radius 2 is 2.06 bits per heavy atom. The van der Waals surface area contributed by atoms with Crippen LogP contribution in [-0.4, -0.2) is 10.1 Å². The molecule has 2 rings (SSSR count). The van der Waals surface area contributed by atoms with Gasteiger partial charge >= 0.3 is 0 Å². The van der Waals surface area contributed by atoms with Crippen LogP contribution in [0.5, 0.6) is 5.75 Å². The number of hydrogen-bond donors (Lipinski definition) is 2. The van der Waals surface area contributed by atoms with Crippen LogP contribution in [0.15, 0.2) is 16.9 Å². The van der Waals surface area contributed by atoms with E-state index in [4.69, 9.17) is 23.2 Å². The highest BCUT2D eigenvalue weighted by Gasteiger charge is 2.14. The van der Waals surface area contributed by atoms with E-state index in [1.807, 2.05) is 0 Å². The Morgan fingerprint density at radius 3 is 2.69 bits per heavy atom. The predicted molar refractivity (Wildman–Crippen MR) is 65.6 cm³/mol. The van der Waals surface area contributed by atoms with E-state index in [-0.39, 0.29) is 16.3 Å². The molecular weight excluding hydrogens is 249 g/mol. The third-order valence-electron chi connectivity index (χ3n) is 2.49. The van der Waals surface area contributed by atoms with Crippen molar-refractivity contribution >= 4 is 34.1 Å². The number of hydrogen-bond acceptors (Lipinski definition) is 2. The first kappa shape index (κ1) is 11.3. The minimum Gasteiger partial charge on any atom is -0.507 e. The summed E-state index contributed by atoms with van der Waals surface area (Å²) >= 11 is 11.9. The summed E-state index contributed by atoms with van der Waals surface area (Å²) in [7, 11) is 0. The molecule has 0 bridgehead atoms. The van der Waals surface area contributed by atoms with Crippen LogP contribution in [0.1, 0.15) is 12.5 Å². The minimum absolute atomic E-state index is 0.0891. The number of aromatic hydroxyl groups is 1. The average molecular weight is 258 g/mol. The molecule has 0 saturated carbocycles. The molecule has 1 aromatic carbocycles. The number of fused-ring (bicyclic) bond motifs is 1. The summed E-state index contributed by atoms with van der Waals surface area (Å²) in [4.78, 5) is 14.2. The van der Waals surface area contributed by atoms with E-state index in [1.54, 1.807) is 19.1 Å². The molecule has 0 aliphatic heterocycles. The molecule has 0 aliphatic carbocycles. The van der Waals surface area contributed by atoms with Gasteiger partial charge in [-0.05, 0) is 18.6 Å². The van der Waals surface area contributed by atoms with E-state index < -0.39 is 0 Å². The first-order valence-corrected chi connectivity index (χ1v) is 5.53. The van der Waals surface area contributed by atoms with Crippen molar-refractivity contribution in [1.29, 1.82) is 0 Å². The van der Waals surface area contributed by atoms with Crippen LogP contribution in [0, 0.1) is 0 Å². The van der Waals surface area contributed by atoms with Gasteiger partial charge in [-0.25, -0.2) is 0 Å². The number of aromatic amines is 1. The van der Waals surface area contributed by atoms with Gasteiger partial charge in [-0.2, -0.15) is 0 Å². The Bertz CT molecular complexity index is 619. The fourth-order valence-electron chi connectivity index (χ4n) is 1.67. The van der Waals surface area contributed by atoms with Crippen LogP contribution in [0.2, 0.25) is 10.0 Å². The summed E-state index contributed by atoms with van der Waals surface area (Å²) in [6.07, 6.45) is 0.431. The van der Waals surface area contributed by atoms with Gasteiger partial charge in [-0.1, -0.05) is 30.1 Å². The van der Waals surface area contributed by atoms with Gasteiger partial charge in [0, 0.05) is 0 Å². The van der Waals surface area contributed by atoms with Crippen LogP contribution < -0.4 is 5.56 Å². The van der Waals surface area contributed by atoms with Gasteiger partial charge in [-0.15, -0.1) is 0 Å². The molecule has 0 spiro atoms. The molecular formula is C11H9Cl2NO2. The zero-order chi connectivity index (χ0) is 11.9. The number of pyridine rings is 1. The predicted octanol–water partition coefficient (Wildman–Crippen LogP) is 3.10. The lowest BCUT2D eigenvalue weighted by Crippen LogP contribution is -2.12. The Balaban J connectivity index is 3.01. The third kappa shape index (κ3) is 1.56. The number of halogens is 2. The summed E-state index contributed by atoms with van der Waals surface area (Å²) in [5.74, 6) is -0.0891. The maximum atomic E-state index is 11.6. The molecule has 2 aromatic rings. The van der Waals surface area contributed by atoms with Crippen molar-refractivity contribution in [2.45, 2.75) is 13.3 Å². The van der Waals surface area contributed by atoms with E-state index in [0.717, 1.165) is 0 Å². The van der Waals surface area contributed by atoms with Crippen molar-refractivity contribution < 1.29 is 5.11 Å². The summed E-state index contributed by atoms with van der Waals surface area (Å²) in [6, 6.07) is 3.19. The Morgan fingerprint density at radius 1 is 1.38 bits per heavy atom. The second kappa shape index (κ2) is 4.00. The number of nitrogens with one attached hydrogen (secondary N) is 1. The van der Waals surface area contributed by atoms with Gasteiger partial charge in [0.1, 0.15) is 5.75 Å². The van der Waals surface area contributed by atoms with Crippen molar-refractivity contribution in [3.63, 3.8) is 0 Å². The second-order valence-electron chi connectivity index (χ2n) is 3.42. The molecule has 2 N–H and O–H groups in total. The maximum absolute atomic E-state index is 11.6. The van der Waals surface area contributed by atoms with Crippen LogP contribution in [-0.2, 0) is 6.42 Å². The maximum Gasteiger partial charge on any atom is 0.255 e. The Kier molecular flexibility index (Phi) is 2.82. The van der Waals surface area contributed by atoms with Crippen LogP contribution >= 0.6 is 23.2 Å². The highest BCUT2D eigenvalue weighted by molar-refractivity contribution is 6.45. The quantitative estimate of drug-likeness (QED) is 0.825. The van der Waals surface area contributed by atoms with Crippen molar-refractivity contribution in [1.82, 2.24) is 4.98 Å². The Hall–Kier alpha value is -1.19. The van der Waals surface area contributed by atoms with Crippen molar-refractivity contribution in [2.24, 2.45) is 0 Å². The summed E-state index contributed by atoms with van der Waals surface area (Å²) in [6.45, 7) is 1.79. The zero-order valence-electron chi connectivity index (χ0n) is 8.47. The summed E-state index contributed by atoms with van der Waals surface area (Å²) in [5.41, 5.74) is 0.497. The smallest absolute Gasteiger partial charge is 0.255 e. The molecule has 0 saturated heterocycles. The van der Waals surface area contributed by atoms with E-state index >= 15 is 0 Å². The Labute approximate surface area is 102 Å². The molecule has 5 heteroatoms. The van der Waals surface area contributed by atoms with Crippen LogP contribution in [0.3, 0.4) is 0 Å². The second-order valence-corrected chi connectivity index (χ2v) is 4.20. The molecule has 84 valence electrons. The molecule has 1 heterocycles. The van der Waals surface area contributed by atoms with Crippen molar-refractivity contribution in [3.05, 3.63) is 38.1 Å². The van der Waals surface area contributed by atoms with E-state index in [2.05, 4.69) is 4.98 Å². The number of rotatable bonds is 1. The summed E-state index contributed by atoms with van der Waals surface area (Å²) in [5, 5.41) is 11.0. The molecule has 0 fully saturated rings. The van der Waals surface area contributed by atoms with Gasteiger partial charge in [0.05, 0.1) is 26.5 Å². The minimum atomic E-state index is -0.300. The molecule has 0 amide bonds. The van der Waals surface area contributed by atoms with Gasteiger partial charge in [0.2, 0.25) is 0 Å². The third-order valence-corrected chi connectivity index (χ3v) is 3.30. The van der Waals surface area contributed by atoms with Gasteiger partial charge < -0.3 is 10.1 Å². The SMILES string of the molecule is CCc1c(O)c2c(Cl)c(Cl)ccc2[nH]c1=O. The fraction of sp³-hybridized carbons (Fsp3) is 0.182. The lowest BCUT2D eigenvalue weighted by molar-refractivity contribution is 0.473. The largest absolute Gasteiger partial charge is 0.507 e. The fourth-order valence-corrected chi connectivity index (χ4v) is 2.08. The molecule has 3 nitrogen and oxygen atoms in total. The number of aromatic nitrogens is 1. The van der Waals surface area contributed by atoms with Crippen molar-refractivity contribution in [3.8, 4) is 5.75 Å². The monoisotopic (exact) mass is 257 g/mol. The first-order chi connectivity index (χ1) is 7.56. The van der Waals surface area contributed by atoms with E-state index in [9.17, 15) is 9.90 Å². The molecule has 1 aromatic heterocycles. The van der Waals surface area contributed by atoms with Crippen molar-refractivity contribution in [2.75, 3.05) is 0 Å². The van der Waals surface area contributed by atoms with E-state index in [0.29, 0.717) is 27.9 Å². The number of benzene rings is 1. The standard InChI is InChI=1S/C11H9Cl2NO2/c1-2-5-10(15)8-7(14-11(5)16)4-3-6(12)9(8)13/h3-4H,2H2,1H3,(H2,14,15,16). The normalized spacial score (nSPS) is 10.9. The highest BCUT2D eigenvalue weighted by Crippen LogP contribution is 2.36. The van der Waals surface area contributed by atoms with Crippen LogP contribution in [0.25, 0.3) is 10.9 Å². The molecule has 0 atom stereocenters. The zero-order valence-corrected chi connectivity index (χ0v) is 9.99. The van der Waals surface area contributed by atoms with Gasteiger partial charge in [-0.3, -0.25) is 4.79 Å². The molecule has 0 unspecified atom stereocenters.